The van der Waals surface area contributed by atoms with E-state index in [0.29, 0.717) is 11.4 Å². The highest BCUT2D eigenvalue weighted by Crippen LogP contribution is 2.34. The molecular formula is C22H26ClNO4. The van der Waals surface area contributed by atoms with Crippen LogP contribution >= 0.6 is 11.6 Å². The lowest BCUT2D eigenvalue weighted by atomic mass is 9.92. The summed E-state index contributed by atoms with van der Waals surface area (Å²) in [6.07, 6.45) is -2.18. The summed E-state index contributed by atoms with van der Waals surface area (Å²) in [4.78, 5) is 2.29. The number of rotatable bonds is 4. The van der Waals surface area contributed by atoms with Gasteiger partial charge in [0.2, 0.25) is 0 Å². The number of nitrogens with zero attached hydrogens (tertiary/aromatic N) is 1. The summed E-state index contributed by atoms with van der Waals surface area (Å²) >= 11 is 6.45. The van der Waals surface area contributed by atoms with Crippen LogP contribution in [0.25, 0.3) is 0 Å². The Labute approximate surface area is 170 Å². The largest absolute Gasteiger partial charge is 0.394 e. The van der Waals surface area contributed by atoms with Crippen LogP contribution in [0.1, 0.15) is 40.3 Å². The van der Waals surface area contributed by atoms with E-state index in [1.807, 2.05) is 18.2 Å². The molecule has 4 atom stereocenters. The van der Waals surface area contributed by atoms with E-state index >= 15 is 0 Å². The van der Waals surface area contributed by atoms with Crippen LogP contribution in [0, 0.1) is 0 Å². The molecule has 150 valence electrons. The van der Waals surface area contributed by atoms with Gasteiger partial charge in [-0.3, -0.25) is 4.90 Å². The van der Waals surface area contributed by atoms with E-state index in [2.05, 4.69) is 30.1 Å². The highest BCUT2D eigenvalue weighted by molar-refractivity contribution is 6.31. The highest BCUT2D eigenvalue weighted by Gasteiger charge is 2.37. The number of fused-ring (bicyclic) bond motifs is 1. The summed E-state index contributed by atoms with van der Waals surface area (Å²) in [7, 11) is 2.12. The molecule has 0 unspecified atom stereocenters. The average molecular weight is 404 g/mol. The number of aliphatic hydroxyl groups excluding tert-OH is 3. The first-order valence-corrected chi connectivity index (χ1v) is 10.0. The second kappa shape index (κ2) is 8.11. The van der Waals surface area contributed by atoms with Crippen LogP contribution in [0.5, 0.6) is 0 Å². The molecule has 0 aliphatic carbocycles. The number of halogens is 1. The molecule has 0 spiro atoms. The molecular weight excluding hydrogens is 378 g/mol. The Hall–Kier alpha value is -1.47. The molecule has 1 saturated heterocycles. The normalized spacial score (nSPS) is 27.8. The lowest BCUT2D eigenvalue weighted by molar-refractivity contribution is -0.181. The van der Waals surface area contributed by atoms with E-state index < -0.39 is 18.3 Å². The molecule has 0 bridgehead atoms. The van der Waals surface area contributed by atoms with Gasteiger partial charge in [0.05, 0.1) is 18.8 Å². The third kappa shape index (κ3) is 3.96. The fraction of sp³-hybridized carbons (Fsp3) is 0.455. The van der Waals surface area contributed by atoms with Crippen molar-refractivity contribution >= 4 is 11.6 Å². The van der Waals surface area contributed by atoms with E-state index in [9.17, 15) is 15.3 Å². The van der Waals surface area contributed by atoms with E-state index in [1.54, 1.807) is 0 Å². The first-order chi connectivity index (χ1) is 13.4. The zero-order valence-corrected chi connectivity index (χ0v) is 16.6. The van der Waals surface area contributed by atoms with Crippen LogP contribution in [-0.2, 0) is 24.2 Å². The smallest absolute Gasteiger partial charge is 0.110 e. The lowest BCUT2D eigenvalue weighted by Gasteiger charge is -2.36. The molecule has 2 aromatic carbocycles. The number of aliphatic hydroxyl groups is 3. The van der Waals surface area contributed by atoms with Gasteiger partial charge in [0.15, 0.2) is 0 Å². The van der Waals surface area contributed by atoms with Crippen molar-refractivity contribution in [3.05, 3.63) is 69.2 Å². The summed E-state index contributed by atoms with van der Waals surface area (Å²) in [6, 6.07) is 12.3. The molecule has 2 heterocycles. The minimum Gasteiger partial charge on any atom is -0.394 e. The van der Waals surface area contributed by atoms with E-state index in [4.69, 9.17) is 16.3 Å². The predicted molar refractivity (Wildman–Crippen MR) is 107 cm³/mol. The topological polar surface area (TPSA) is 73.2 Å². The van der Waals surface area contributed by atoms with Crippen LogP contribution in [0.4, 0.5) is 0 Å². The molecule has 3 N–H and O–H groups in total. The Balaban J connectivity index is 1.56. The van der Waals surface area contributed by atoms with Crippen molar-refractivity contribution in [1.29, 1.82) is 0 Å². The molecule has 4 rings (SSSR count). The van der Waals surface area contributed by atoms with Crippen LogP contribution in [0.15, 0.2) is 36.4 Å². The maximum Gasteiger partial charge on any atom is 0.110 e. The van der Waals surface area contributed by atoms with Crippen molar-refractivity contribution in [3.63, 3.8) is 0 Å². The van der Waals surface area contributed by atoms with Crippen LogP contribution < -0.4 is 0 Å². The van der Waals surface area contributed by atoms with E-state index in [1.165, 1.54) is 16.7 Å². The Morgan fingerprint density at radius 2 is 1.89 bits per heavy atom. The van der Waals surface area contributed by atoms with Crippen molar-refractivity contribution in [3.8, 4) is 0 Å². The quantitative estimate of drug-likeness (QED) is 0.731. The van der Waals surface area contributed by atoms with Gasteiger partial charge in [-0.15, -0.1) is 0 Å². The SMILES string of the molecule is CN1Cc2ccc(Cc3cc([C@H]4C[C@@H](O)[C@H](O)[C@@H](CO)O4)ccc3Cl)cc2C1. The fourth-order valence-corrected chi connectivity index (χ4v) is 4.38. The molecule has 1 fully saturated rings. The van der Waals surface area contributed by atoms with Gasteiger partial charge in [-0.1, -0.05) is 41.9 Å². The van der Waals surface area contributed by atoms with Crippen molar-refractivity contribution < 1.29 is 20.1 Å². The first-order valence-electron chi connectivity index (χ1n) is 9.64. The number of hydrogen-bond acceptors (Lipinski definition) is 5. The van der Waals surface area contributed by atoms with Crippen molar-refractivity contribution in [2.75, 3.05) is 13.7 Å². The van der Waals surface area contributed by atoms with Crippen LogP contribution in [0.2, 0.25) is 5.02 Å². The van der Waals surface area contributed by atoms with Crippen molar-refractivity contribution in [2.24, 2.45) is 0 Å². The minimum atomic E-state index is -1.07. The monoisotopic (exact) mass is 403 g/mol. The molecule has 0 saturated carbocycles. The molecule has 2 aliphatic rings. The van der Waals surface area contributed by atoms with E-state index in [-0.39, 0.29) is 19.1 Å². The Morgan fingerprint density at radius 3 is 2.68 bits per heavy atom. The zero-order chi connectivity index (χ0) is 19.8. The second-order valence-electron chi connectivity index (χ2n) is 7.94. The van der Waals surface area contributed by atoms with Crippen LogP contribution in [0.3, 0.4) is 0 Å². The van der Waals surface area contributed by atoms with Gasteiger partial charge < -0.3 is 20.1 Å². The molecule has 0 radical (unpaired) electrons. The van der Waals surface area contributed by atoms with Gasteiger partial charge in [-0.05, 0) is 47.4 Å². The first kappa shape index (κ1) is 19.8. The maximum absolute atomic E-state index is 10.1. The van der Waals surface area contributed by atoms with E-state index in [0.717, 1.165) is 24.2 Å². The zero-order valence-electron chi connectivity index (χ0n) is 15.9. The summed E-state index contributed by atoms with van der Waals surface area (Å²) in [5, 5.41) is 30.1. The molecule has 28 heavy (non-hydrogen) atoms. The van der Waals surface area contributed by atoms with Crippen LogP contribution in [-0.4, -0.2) is 52.2 Å². The summed E-state index contributed by atoms with van der Waals surface area (Å²) in [6.45, 7) is 1.62. The Kier molecular flexibility index (Phi) is 5.74. The number of ether oxygens (including phenoxy) is 1. The summed E-state index contributed by atoms with van der Waals surface area (Å²) < 4.78 is 5.81. The number of hydrogen-bond donors (Lipinski definition) is 3. The van der Waals surface area contributed by atoms with Gasteiger partial charge in [0, 0.05) is 24.5 Å². The van der Waals surface area contributed by atoms with Gasteiger partial charge in [0.1, 0.15) is 12.2 Å². The summed E-state index contributed by atoms with van der Waals surface area (Å²) in [5.74, 6) is 0. The summed E-state index contributed by atoms with van der Waals surface area (Å²) in [5.41, 5.74) is 5.84. The number of benzene rings is 2. The Bertz CT molecular complexity index is 858. The molecule has 2 aromatic rings. The third-order valence-corrected chi connectivity index (χ3v) is 6.11. The van der Waals surface area contributed by atoms with Gasteiger partial charge >= 0.3 is 0 Å². The Morgan fingerprint density at radius 1 is 1.11 bits per heavy atom. The molecule has 6 heteroatoms. The average Bonchev–Trinajstić information content (AvgIpc) is 3.05. The second-order valence-corrected chi connectivity index (χ2v) is 8.35. The lowest BCUT2D eigenvalue weighted by Crippen LogP contribution is -2.47. The molecule has 0 amide bonds. The highest BCUT2D eigenvalue weighted by atomic mass is 35.5. The minimum absolute atomic E-state index is 0.282. The van der Waals surface area contributed by atoms with Crippen molar-refractivity contribution in [2.45, 2.75) is 50.3 Å². The standard InChI is InChI=1S/C22H26ClNO4/c1-24-10-15-3-2-13(7-17(15)11-24)6-16-8-14(4-5-18(16)23)20-9-19(26)22(27)21(12-25)28-20/h2-5,7-8,19-22,25-27H,6,9-12H2,1H3/t19-,20-,21-,22+/m1/s1. The third-order valence-electron chi connectivity index (χ3n) is 5.74. The maximum atomic E-state index is 10.1. The van der Waals surface area contributed by atoms with Gasteiger partial charge in [-0.25, -0.2) is 0 Å². The molecule has 0 aromatic heterocycles. The van der Waals surface area contributed by atoms with Gasteiger partial charge in [0.25, 0.3) is 0 Å². The molecule has 2 aliphatic heterocycles. The van der Waals surface area contributed by atoms with Gasteiger partial charge in [-0.2, -0.15) is 0 Å². The molecule has 5 nitrogen and oxygen atoms in total. The predicted octanol–water partition coefficient (Wildman–Crippen LogP) is 2.42. The fourth-order valence-electron chi connectivity index (χ4n) is 4.20. The van der Waals surface area contributed by atoms with Crippen molar-refractivity contribution in [1.82, 2.24) is 4.90 Å².